The maximum Gasteiger partial charge on any atom is 0.316 e. The molecule has 3 amide bonds. The van der Waals surface area contributed by atoms with E-state index in [2.05, 4.69) is 0 Å². The zero-order chi connectivity index (χ0) is 24.0. The molecule has 176 valence electrons. The monoisotopic (exact) mass is 480 g/mol. The molecular weight excluding hydrogens is 456 g/mol. The minimum atomic E-state index is -0.632. The Morgan fingerprint density at radius 2 is 1.68 bits per heavy atom. The SMILES string of the molecule is Cc1c(Cl)cccc1N1C[C@H](C(=O)Oc2cccc(N3C(=O)[C@@H]4CCCC[C@H]4C3=O)c2)CC1=O. The number of amides is 3. The summed E-state index contributed by atoms with van der Waals surface area (Å²) < 4.78 is 5.58. The van der Waals surface area contributed by atoms with E-state index in [1.54, 1.807) is 47.4 Å². The molecule has 1 aliphatic carbocycles. The van der Waals surface area contributed by atoms with Crippen LogP contribution in [0.5, 0.6) is 5.75 Å². The molecule has 7 nitrogen and oxygen atoms in total. The number of rotatable bonds is 4. The lowest BCUT2D eigenvalue weighted by Gasteiger charge is -2.19. The third kappa shape index (κ3) is 3.88. The summed E-state index contributed by atoms with van der Waals surface area (Å²) in [5, 5.41) is 0.555. The topological polar surface area (TPSA) is 84.0 Å². The van der Waals surface area contributed by atoms with Crippen molar-refractivity contribution in [2.75, 3.05) is 16.3 Å². The summed E-state index contributed by atoms with van der Waals surface area (Å²) in [6.45, 7) is 2.03. The summed E-state index contributed by atoms with van der Waals surface area (Å²) in [6.07, 6.45) is 3.42. The fourth-order valence-corrected chi connectivity index (χ4v) is 5.46. The van der Waals surface area contributed by atoms with Crippen molar-refractivity contribution in [3.63, 3.8) is 0 Å². The Morgan fingerprint density at radius 3 is 2.38 bits per heavy atom. The van der Waals surface area contributed by atoms with E-state index in [1.807, 2.05) is 6.92 Å². The highest BCUT2D eigenvalue weighted by atomic mass is 35.5. The lowest BCUT2D eigenvalue weighted by atomic mass is 9.81. The molecule has 0 unspecified atom stereocenters. The number of anilines is 2. The van der Waals surface area contributed by atoms with Gasteiger partial charge in [0.15, 0.2) is 0 Å². The minimum Gasteiger partial charge on any atom is -0.426 e. The van der Waals surface area contributed by atoms with Gasteiger partial charge < -0.3 is 9.64 Å². The van der Waals surface area contributed by atoms with Crippen molar-refractivity contribution < 1.29 is 23.9 Å². The van der Waals surface area contributed by atoms with Gasteiger partial charge in [0, 0.05) is 29.7 Å². The summed E-state index contributed by atoms with van der Waals surface area (Å²) >= 11 is 6.19. The predicted molar refractivity (Wildman–Crippen MR) is 127 cm³/mol. The van der Waals surface area contributed by atoms with Crippen LogP contribution in [0.25, 0.3) is 0 Å². The van der Waals surface area contributed by atoms with Gasteiger partial charge in [0.25, 0.3) is 0 Å². The Balaban J connectivity index is 1.30. The van der Waals surface area contributed by atoms with E-state index in [9.17, 15) is 19.2 Å². The number of fused-ring (bicyclic) bond motifs is 1. The Morgan fingerprint density at radius 1 is 1.00 bits per heavy atom. The molecule has 2 heterocycles. The first-order valence-corrected chi connectivity index (χ1v) is 12.0. The molecule has 2 aliphatic heterocycles. The first-order valence-electron chi connectivity index (χ1n) is 11.6. The smallest absolute Gasteiger partial charge is 0.316 e. The molecule has 3 aliphatic rings. The Kier molecular flexibility index (Phi) is 5.90. The average molecular weight is 481 g/mol. The number of hydrogen-bond donors (Lipinski definition) is 0. The molecule has 2 saturated heterocycles. The second-order valence-corrected chi connectivity index (χ2v) is 9.62. The van der Waals surface area contributed by atoms with Crippen LogP contribution in [0.15, 0.2) is 42.5 Å². The molecule has 2 aromatic carbocycles. The van der Waals surface area contributed by atoms with Crippen molar-refractivity contribution in [2.45, 2.75) is 39.0 Å². The van der Waals surface area contributed by atoms with Gasteiger partial charge in [-0.15, -0.1) is 0 Å². The van der Waals surface area contributed by atoms with Gasteiger partial charge >= 0.3 is 5.97 Å². The summed E-state index contributed by atoms with van der Waals surface area (Å²) in [5.41, 5.74) is 1.87. The van der Waals surface area contributed by atoms with E-state index in [1.165, 1.54) is 4.90 Å². The van der Waals surface area contributed by atoms with Crippen LogP contribution < -0.4 is 14.5 Å². The van der Waals surface area contributed by atoms with E-state index in [-0.39, 0.29) is 48.3 Å². The average Bonchev–Trinajstić information content (AvgIpc) is 3.33. The van der Waals surface area contributed by atoms with Gasteiger partial charge in [-0.25, -0.2) is 4.90 Å². The molecule has 0 spiro atoms. The third-order valence-corrected chi connectivity index (χ3v) is 7.53. The molecule has 34 heavy (non-hydrogen) atoms. The number of halogens is 1. The number of esters is 1. The summed E-state index contributed by atoms with van der Waals surface area (Å²) in [7, 11) is 0. The summed E-state index contributed by atoms with van der Waals surface area (Å²) in [6, 6.07) is 11.8. The quantitative estimate of drug-likeness (QED) is 0.370. The molecule has 0 radical (unpaired) electrons. The number of ether oxygens (including phenoxy) is 1. The zero-order valence-electron chi connectivity index (χ0n) is 18.8. The number of hydrogen-bond acceptors (Lipinski definition) is 5. The first kappa shape index (κ1) is 22.6. The maximum absolute atomic E-state index is 12.9. The Bertz CT molecular complexity index is 1170. The van der Waals surface area contributed by atoms with Crippen molar-refractivity contribution in [3.8, 4) is 5.75 Å². The molecular formula is C26H25ClN2O5. The van der Waals surface area contributed by atoms with Crippen LogP contribution >= 0.6 is 11.6 Å². The Hall–Kier alpha value is -3.19. The Labute approximate surface area is 202 Å². The second kappa shape index (κ2) is 8.87. The lowest BCUT2D eigenvalue weighted by Crippen LogP contribution is -2.31. The van der Waals surface area contributed by atoms with Gasteiger partial charge in [0.05, 0.1) is 23.4 Å². The van der Waals surface area contributed by atoms with E-state index in [0.29, 0.717) is 16.4 Å². The highest BCUT2D eigenvalue weighted by Crippen LogP contribution is 2.40. The number of nitrogens with zero attached hydrogens (tertiary/aromatic N) is 2. The van der Waals surface area contributed by atoms with Crippen molar-refractivity contribution >= 4 is 46.7 Å². The van der Waals surface area contributed by atoms with Gasteiger partial charge in [-0.2, -0.15) is 0 Å². The maximum atomic E-state index is 12.9. The normalized spacial score (nSPS) is 24.5. The van der Waals surface area contributed by atoms with Crippen LogP contribution in [0.4, 0.5) is 11.4 Å². The van der Waals surface area contributed by atoms with Gasteiger partial charge in [0.2, 0.25) is 17.7 Å². The second-order valence-electron chi connectivity index (χ2n) is 9.22. The minimum absolute atomic E-state index is 0.0386. The molecule has 0 bridgehead atoms. The number of benzene rings is 2. The molecule has 3 atom stereocenters. The van der Waals surface area contributed by atoms with Crippen molar-refractivity contribution in [2.24, 2.45) is 17.8 Å². The molecule has 5 rings (SSSR count). The highest BCUT2D eigenvalue weighted by molar-refractivity contribution is 6.31. The van der Waals surface area contributed by atoms with E-state index in [0.717, 1.165) is 31.2 Å². The fourth-order valence-electron chi connectivity index (χ4n) is 5.29. The van der Waals surface area contributed by atoms with Crippen LogP contribution in [0.1, 0.15) is 37.7 Å². The third-order valence-electron chi connectivity index (χ3n) is 7.12. The van der Waals surface area contributed by atoms with Gasteiger partial charge in [-0.1, -0.05) is 36.6 Å². The van der Waals surface area contributed by atoms with Crippen molar-refractivity contribution in [1.29, 1.82) is 0 Å². The molecule has 8 heteroatoms. The fraction of sp³-hybridized carbons (Fsp3) is 0.385. The highest BCUT2D eigenvalue weighted by Gasteiger charge is 2.48. The number of imide groups is 1. The zero-order valence-corrected chi connectivity index (χ0v) is 19.6. The van der Waals surface area contributed by atoms with Gasteiger partial charge in [0.1, 0.15) is 5.75 Å². The van der Waals surface area contributed by atoms with Crippen LogP contribution in [0.2, 0.25) is 5.02 Å². The van der Waals surface area contributed by atoms with Gasteiger partial charge in [-0.3, -0.25) is 19.2 Å². The van der Waals surface area contributed by atoms with Crippen LogP contribution in [0.3, 0.4) is 0 Å². The summed E-state index contributed by atoms with van der Waals surface area (Å²) in [4.78, 5) is 54.1. The molecule has 0 N–H and O–H groups in total. The molecule has 2 aromatic rings. The first-order chi connectivity index (χ1) is 16.3. The van der Waals surface area contributed by atoms with E-state index in [4.69, 9.17) is 16.3 Å². The molecule has 3 fully saturated rings. The van der Waals surface area contributed by atoms with Crippen molar-refractivity contribution in [3.05, 3.63) is 53.1 Å². The van der Waals surface area contributed by atoms with Crippen LogP contribution in [0, 0.1) is 24.7 Å². The van der Waals surface area contributed by atoms with E-state index < -0.39 is 11.9 Å². The predicted octanol–water partition coefficient (Wildman–Crippen LogP) is 4.29. The van der Waals surface area contributed by atoms with Crippen LogP contribution in [-0.4, -0.2) is 30.2 Å². The van der Waals surface area contributed by atoms with Crippen LogP contribution in [-0.2, 0) is 19.2 Å². The number of carbonyl (C=O) groups excluding carboxylic acids is 4. The molecule has 0 aromatic heterocycles. The van der Waals surface area contributed by atoms with Crippen molar-refractivity contribution in [1.82, 2.24) is 0 Å². The number of carbonyl (C=O) groups is 4. The lowest BCUT2D eigenvalue weighted by molar-refractivity contribution is -0.139. The summed E-state index contributed by atoms with van der Waals surface area (Å²) in [5.74, 6) is -1.94. The van der Waals surface area contributed by atoms with Gasteiger partial charge in [-0.05, 0) is 49.6 Å². The standard InChI is InChI=1S/C26H25ClN2O5/c1-15-21(27)10-5-11-22(15)28-14-16(12-23(28)30)26(33)34-18-7-4-6-17(13-18)29-24(31)19-8-2-3-9-20(19)25(29)32/h4-7,10-11,13,16,19-20H,2-3,8-9,12,14H2,1H3/t16-,19-,20-/m1/s1. The molecule has 1 saturated carbocycles. The van der Waals surface area contributed by atoms with E-state index >= 15 is 0 Å². The largest absolute Gasteiger partial charge is 0.426 e.